The van der Waals surface area contributed by atoms with Gasteiger partial charge in [-0.3, -0.25) is 4.79 Å². The van der Waals surface area contributed by atoms with Crippen LogP contribution in [0.15, 0.2) is 12.2 Å². The van der Waals surface area contributed by atoms with Crippen LogP contribution in [0.1, 0.15) is 27.2 Å². The molecule has 0 saturated carbocycles. The minimum atomic E-state index is -3.10. The van der Waals surface area contributed by atoms with Gasteiger partial charge in [0.25, 0.3) is 0 Å². The third-order valence-electron chi connectivity index (χ3n) is 1.38. The van der Waals surface area contributed by atoms with Gasteiger partial charge in [0, 0.05) is 19.2 Å². The molecule has 0 unspecified atom stereocenters. The molecule has 0 aliphatic carbocycles. The largest absolute Gasteiger partial charge is 0.333 e. The summed E-state index contributed by atoms with van der Waals surface area (Å²) in [5.41, 5.74) is 5.75. The summed E-state index contributed by atoms with van der Waals surface area (Å²) in [5, 5.41) is 0.000279. The van der Waals surface area contributed by atoms with E-state index in [1.807, 2.05) is 6.92 Å². The molecule has 0 aromatic heterocycles. The average Bonchev–Trinajstić information content (AvgIpc) is 2.26. The van der Waals surface area contributed by atoms with Gasteiger partial charge >= 0.3 is 0 Å². The Labute approximate surface area is 116 Å². The molecule has 0 aromatic rings. The first-order chi connectivity index (χ1) is 8.19. The number of rotatable bonds is 5. The van der Waals surface area contributed by atoms with Crippen LogP contribution in [0.25, 0.3) is 0 Å². The highest BCUT2D eigenvalue weighted by molar-refractivity contribution is 8.13. The molecule has 0 fully saturated rings. The van der Waals surface area contributed by atoms with E-state index < -0.39 is 10.0 Å². The number of carbonyl (C=O) groups is 1. The van der Waals surface area contributed by atoms with Crippen molar-refractivity contribution < 1.29 is 13.2 Å². The summed E-state index contributed by atoms with van der Waals surface area (Å²) in [6.07, 6.45) is 2.20. The van der Waals surface area contributed by atoms with Crippen LogP contribution in [0, 0.1) is 0 Å². The number of thioether (sulfide) groups is 1. The molecule has 5 nitrogen and oxygen atoms in total. The quantitative estimate of drug-likeness (QED) is 0.591. The summed E-state index contributed by atoms with van der Waals surface area (Å²) < 4.78 is 23.2. The minimum Gasteiger partial charge on any atom is -0.333 e. The zero-order valence-electron chi connectivity index (χ0n) is 11.9. The molecule has 0 aliphatic rings. The van der Waals surface area contributed by atoms with Crippen molar-refractivity contribution in [1.29, 1.82) is 0 Å². The Morgan fingerprint density at radius 2 is 1.72 bits per heavy atom. The highest BCUT2D eigenvalue weighted by Crippen LogP contribution is 1.98. The number of carbonyl (C=O) groups excluding carboxylic acids is 1. The third-order valence-corrected chi connectivity index (χ3v) is 2.92. The molecule has 0 aliphatic heterocycles. The van der Waals surface area contributed by atoms with Gasteiger partial charge in [-0.2, -0.15) is 0 Å². The van der Waals surface area contributed by atoms with E-state index in [0.29, 0.717) is 12.3 Å². The van der Waals surface area contributed by atoms with Gasteiger partial charge in [0.15, 0.2) is 5.12 Å². The van der Waals surface area contributed by atoms with Crippen LogP contribution in [-0.2, 0) is 14.8 Å². The van der Waals surface area contributed by atoms with E-state index >= 15 is 0 Å². The Kier molecular flexibility index (Phi) is 18.6. The SMILES string of the molecule is C=C(C)CC.CC(=O)SCCNS(C)(=O)=O.CN. The number of nitrogens with one attached hydrogen (secondary N) is 1. The van der Waals surface area contributed by atoms with Crippen LogP contribution in [0.4, 0.5) is 0 Å². The van der Waals surface area contributed by atoms with E-state index in [9.17, 15) is 13.2 Å². The van der Waals surface area contributed by atoms with Gasteiger partial charge in [0.2, 0.25) is 10.0 Å². The van der Waals surface area contributed by atoms with Crippen LogP contribution in [-0.4, -0.2) is 39.1 Å². The molecule has 0 atom stereocenters. The number of hydrogen-bond acceptors (Lipinski definition) is 5. The van der Waals surface area contributed by atoms with E-state index in [4.69, 9.17) is 0 Å². The molecule has 18 heavy (non-hydrogen) atoms. The lowest BCUT2D eigenvalue weighted by atomic mass is 10.3. The van der Waals surface area contributed by atoms with E-state index in [0.717, 1.165) is 24.4 Å². The first-order valence-corrected chi connectivity index (χ1v) is 8.36. The van der Waals surface area contributed by atoms with Gasteiger partial charge in [-0.15, -0.1) is 6.58 Å². The van der Waals surface area contributed by atoms with Crippen LogP contribution in [0.5, 0.6) is 0 Å². The van der Waals surface area contributed by atoms with Crippen LogP contribution >= 0.6 is 11.8 Å². The summed E-state index contributed by atoms with van der Waals surface area (Å²) in [5.74, 6) is 0.488. The van der Waals surface area contributed by atoms with Gasteiger partial charge in [0.1, 0.15) is 0 Å². The second-order valence-electron chi connectivity index (χ2n) is 3.32. The van der Waals surface area contributed by atoms with Crippen molar-refractivity contribution in [3.05, 3.63) is 12.2 Å². The average molecular weight is 298 g/mol. The van der Waals surface area contributed by atoms with Crippen LogP contribution in [0.2, 0.25) is 0 Å². The topological polar surface area (TPSA) is 89.3 Å². The van der Waals surface area contributed by atoms with Crippen molar-refractivity contribution in [3.8, 4) is 0 Å². The maximum atomic E-state index is 10.5. The molecule has 0 saturated heterocycles. The fourth-order valence-electron chi connectivity index (χ4n) is 0.422. The molecule has 7 heteroatoms. The molecule has 0 bridgehead atoms. The van der Waals surface area contributed by atoms with Gasteiger partial charge in [-0.05, 0) is 20.4 Å². The second-order valence-corrected chi connectivity index (χ2v) is 6.42. The molecular weight excluding hydrogens is 272 g/mol. The number of allylic oxidation sites excluding steroid dienone is 1. The molecule has 110 valence electrons. The van der Waals surface area contributed by atoms with E-state index in [1.165, 1.54) is 19.5 Å². The summed E-state index contributed by atoms with van der Waals surface area (Å²) in [6, 6.07) is 0. The van der Waals surface area contributed by atoms with Gasteiger partial charge < -0.3 is 5.73 Å². The lowest BCUT2D eigenvalue weighted by Gasteiger charge is -1.98. The lowest BCUT2D eigenvalue weighted by molar-refractivity contribution is -0.109. The Morgan fingerprint density at radius 3 is 1.94 bits per heavy atom. The molecule has 0 amide bonds. The number of sulfonamides is 1. The van der Waals surface area contributed by atoms with E-state index in [1.54, 1.807) is 0 Å². The summed E-state index contributed by atoms with van der Waals surface area (Å²) >= 11 is 1.11. The lowest BCUT2D eigenvalue weighted by Crippen LogP contribution is -2.24. The van der Waals surface area contributed by atoms with Crippen molar-refractivity contribution in [2.75, 3.05) is 25.6 Å². The van der Waals surface area contributed by atoms with Crippen LogP contribution < -0.4 is 10.5 Å². The van der Waals surface area contributed by atoms with Gasteiger partial charge in [0.05, 0.1) is 6.26 Å². The Balaban J connectivity index is -0.000000270. The second kappa shape index (κ2) is 14.7. The fourth-order valence-corrected chi connectivity index (χ4v) is 1.52. The minimum absolute atomic E-state index is 0.000279. The first kappa shape index (κ1) is 22.8. The van der Waals surface area contributed by atoms with E-state index in [2.05, 4.69) is 24.0 Å². The molecular formula is C11H26N2O3S2. The van der Waals surface area contributed by atoms with Crippen molar-refractivity contribution in [2.24, 2.45) is 5.73 Å². The Morgan fingerprint density at radius 1 is 1.33 bits per heavy atom. The maximum absolute atomic E-state index is 10.5. The molecule has 0 radical (unpaired) electrons. The highest BCUT2D eigenvalue weighted by atomic mass is 32.2. The fraction of sp³-hybridized carbons (Fsp3) is 0.727. The van der Waals surface area contributed by atoms with Crippen molar-refractivity contribution in [3.63, 3.8) is 0 Å². The summed E-state index contributed by atoms with van der Waals surface area (Å²) in [7, 11) is -1.60. The van der Waals surface area contributed by atoms with Crippen LogP contribution in [0.3, 0.4) is 0 Å². The summed E-state index contributed by atoms with van der Waals surface area (Å²) in [4.78, 5) is 10.4. The van der Waals surface area contributed by atoms with Gasteiger partial charge in [-0.1, -0.05) is 24.3 Å². The Hall–Kier alpha value is -0.370. The molecule has 0 spiro atoms. The zero-order valence-corrected chi connectivity index (χ0v) is 13.6. The third kappa shape index (κ3) is 36.1. The monoisotopic (exact) mass is 298 g/mol. The van der Waals surface area contributed by atoms with Crippen molar-refractivity contribution in [2.45, 2.75) is 27.2 Å². The zero-order chi connectivity index (χ0) is 15.2. The number of hydrogen-bond donors (Lipinski definition) is 2. The van der Waals surface area contributed by atoms with Crippen molar-refractivity contribution in [1.82, 2.24) is 4.72 Å². The normalized spacial score (nSPS) is 9.44. The molecule has 0 aromatic carbocycles. The standard InChI is InChI=1S/C5H11NO3S2.C5H10.CH5N/c1-5(7)10-4-3-6-11(2,8)9;1-4-5(2)3;1-2/h6H,3-4H2,1-2H3;2,4H2,1,3H3;2H2,1H3. The van der Waals surface area contributed by atoms with Gasteiger partial charge in [-0.25, -0.2) is 13.1 Å². The van der Waals surface area contributed by atoms with Crippen molar-refractivity contribution >= 4 is 26.9 Å². The molecule has 0 heterocycles. The highest BCUT2D eigenvalue weighted by Gasteiger charge is 1.99. The predicted molar refractivity (Wildman–Crippen MR) is 81.2 cm³/mol. The Bertz CT molecular complexity index is 314. The predicted octanol–water partition coefficient (Wildman–Crippen LogP) is 1.36. The first-order valence-electron chi connectivity index (χ1n) is 5.49. The molecule has 0 rings (SSSR count). The smallest absolute Gasteiger partial charge is 0.208 e. The maximum Gasteiger partial charge on any atom is 0.208 e. The van der Waals surface area contributed by atoms with E-state index in [-0.39, 0.29) is 5.12 Å². The summed E-state index contributed by atoms with van der Waals surface area (Å²) in [6.45, 7) is 9.56. The number of nitrogens with two attached hydrogens (primary N) is 1. The molecule has 3 N–H and O–H groups in total.